The summed E-state index contributed by atoms with van der Waals surface area (Å²) < 4.78 is 5.28. The molecule has 1 N–H and O–H groups in total. The number of hydrogen-bond acceptors (Lipinski definition) is 6. The molecule has 1 fully saturated rings. The fourth-order valence-electron chi connectivity index (χ4n) is 3.91. The number of fused-ring (bicyclic) bond motifs is 1. The summed E-state index contributed by atoms with van der Waals surface area (Å²) >= 11 is 1.76. The molecule has 4 rings (SSSR count). The van der Waals surface area contributed by atoms with Gasteiger partial charge in [0, 0.05) is 17.6 Å². The van der Waals surface area contributed by atoms with Crippen LogP contribution in [0.3, 0.4) is 0 Å². The van der Waals surface area contributed by atoms with Crippen LogP contribution in [0.1, 0.15) is 66.5 Å². The van der Waals surface area contributed by atoms with Gasteiger partial charge in [0.05, 0.1) is 22.7 Å². The normalized spacial score (nSPS) is 17.1. The first-order chi connectivity index (χ1) is 14.0. The number of piperidine rings is 1. The third-order valence-corrected chi connectivity index (χ3v) is 6.73. The smallest absolute Gasteiger partial charge is 0.257 e. The number of carbonyl (C=O) groups is 1. The fourth-order valence-corrected chi connectivity index (χ4v) is 4.77. The average molecular weight is 413 g/mol. The van der Waals surface area contributed by atoms with E-state index in [9.17, 15) is 4.79 Å². The van der Waals surface area contributed by atoms with Crippen molar-refractivity contribution in [1.82, 2.24) is 20.4 Å². The maximum Gasteiger partial charge on any atom is 0.257 e. The summed E-state index contributed by atoms with van der Waals surface area (Å²) in [5, 5.41) is 10.2. The van der Waals surface area contributed by atoms with Gasteiger partial charge in [-0.25, -0.2) is 4.98 Å². The minimum atomic E-state index is -0.109. The van der Waals surface area contributed by atoms with Crippen molar-refractivity contribution in [1.29, 1.82) is 0 Å². The van der Waals surface area contributed by atoms with Crippen molar-refractivity contribution in [3.05, 3.63) is 45.9 Å². The number of pyridine rings is 1. The molecule has 3 aromatic rings. The third kappa shape index (κ3) is 4.36. The molecule has 0 spiro atoms. The number of thiophene rings is 1. The molecule has 0 bridgehead atoms. The Kier molecular flexibility index (Phi) is 5.96. The highest BCUT2D eigenvalue weighted by atomic mass is 32.1. The molecular weight excluding hydrogens is 384 g/mol. The van der Waals surface area contributed by atoms with E-state index in [0.29, 0.717) is 17.8 Å². The molecule has 1 amide bonds. The zero-order chi connectivity index (χ0) is 20.4. The highest BCUT2D eigenvalue weighted by Crippen LogP contribution is 2.29. The predicted octanol–water partition coefficient (Wildman–Crippen LogP) is 4.61. The van der Waals surface area contributed by atoms with Crippen LogP contribution in [0, 0.1) is 5.92 Å². The van der Waals surface area contributed by atoms with Crippen LogP contribution in [0.2, 0.25) is 0 Å². The SMILES string of the molecule is CC1CCN(C(CNC(=O)c2cnc3onc(C(C)C)c3c2)c2cccs2)CC1. The number of aromatic nitrogens is 2. The molecule has 1 atom stereocenters. The Labute approximate surface area is 175 Å². The van der Waals surface area contributed by atoms with E-state index in [1.165, 1.54) is 17.7 Å². The Bertz CT molecular complexity index is 959. The molecule has 154 valence electrons. The molecule has 1 saturated heterocycles. The van der Waals surface area contributed by atoms with Crippen LogP contribution in [-0.4, -0.2) is 40.6 Å². The molecule has 7 heteroatoms. The minimum absolute atomic E-state index is 0.109. The molecule has 1 aliphatic rings. The van der Waals surface area contributed by atoms with Crippen LogP contribution in [0.15, 0.2) is 34.3 Å². The van der Waals surface area contributed by atoms with E-state index in [1.807, 2.05) is 6.07 Å². The highest BCUT2D eigenvalue weighted by Gasteiger charge is 2.26. The summed E-state index contributed by atoms with van der Waals surface area (Å²) in [5.74, 6) is 0.879. The zero-order valence-corrected chi connectivity index (χ0v) is 18.0. The van der Waals surface area contributed by atoms with Crippen molar-refractivity contribution >= 4 is 28.3 Å². The topological polar surface area (TPSA) is 71.3 Å². The summed E-state index contributed by atoms with van der Waals surface area (Å²) in [4.78, 5) is 21.0. The lowest BCUT2D eigenvalue weighted by molar-refractivity contribution is 0.0914. The number of carbonyl (C=O) groups excluding carboxylic acids is 1. The molecule has 6 nitrogen and oxygen atoms in total. The third-order valence-electron chi connectivity index (χ3n) is 5.75. The first kappa shape index (κ1) is 20.0. The molecule has 4 heterocycles. The zero-order valence-electron chi connectivity index (χ0n) is 17.2. The van der Waals surface area contributed by atoms with Crippen LogP contribution >= 0.6 is 11.3 Å². The maximum atomic E-state index is 12.9. The Hall–Kier alpha value is -2.25. The molecule has 0 radical (unpaired) electrons. The van der Waals surface area contributed by atoms with Gasteiger partial charge in [0.2, 0.25) is 0 Å². The quantitative estimate of drug-likeness (QED) is 0.640. The highest BCUT2D eigenvalue weighted by molar-refractivity contribution is 7.10. The average Bonchev–Trinajstić information content (AvgIpc) is 3.38. The van der Waals surface area contributed by atoms with E-state index in [4.69, 9.17) is 4.52 Å². The number of nitrogens with one attached hydrogen (secondary N) is 1. The van der Waals surface area contributed by atoms with Crippen LogP contribution < -0.4 is 5.32 Å². The van der Waals surface area contributed by atoms with Gasteiger partial charge in [-0.05, 0) is 55.3 Å². The Morgan fingerprint density at radius 2 is 2.17 bits per heavy atom. The number of amides is 1. The van der Waals surface area contributed by atoms with Crippen LogP contribution in [0.25, 0.3) is 11.1 Å². The Morgan fingerprint density at radius 1 is 1.38 bits per heavy atom. The lowest BCUT2D eigenvalue weighted by atomic mass is 9.97. The van der Waals surface area contributed by atoms with Crippen molar-refractivity contribution in [2.75, 3.05) is 19.6 Å². The number of rotatable bonds is 6. The van der Waals surface area contributed by atoms with E-state index in [0.717, 1.165) is 30.1 Å². The Balaban J connectivity index is 1.49. The number of likely N-dealkylation sites (tertiary alicyclic amines) is 1. The summed E-state index contributed by atoms with van der Waals surface area (Å²) in [6.45, 7) is 9.16. The van der Waals surface area contributed by atoms with Gasteiger partial charge in [-0.3, -0.25) is 9.69 Å². The van der Waals surface area contributed by atoms with E-state index < -0.39 is 0 Å². The molecule has 1 aliphatic heterocycles. The van der Waals surface area contributed by atoms with Gasteiger partial charge in [-0.1, -0.05) is 32.0 Å². The van der Waals surface area contributed by atoms with E-state index in [-0.39, 0.29) is 17.9 Å². The van der Waals surface area contributed by atoms with Gasteiger partial charge in [0.15, 0.2) is 0 Å². The second-order valence-electron chi connectivity index (χ2n) is 8.26. The van der Waals surface area contributed by atoms with E-state index >= 15 is 0 Å². The van der Waals surface area contributed by atoms with Gasteiger partial charge in [-0.15, -0.1) is 11.3 Å². The van der Waals surface area contributed by atoms with E-state index in [2.05, 4.69) is 58.6 Å². The lowest BCUT2D eigenvalue weighted by Gasteiger charge is -2.36. The lowest BCUT2D eigenvalue weighted by Crippen LogP contribution is -2.41. The van der Waals surface area contributed by atoms with Crippen molar-refractivity contribution < 1.29 is 9.32 Å². The van der Waals surface area contributed by atoms with Gasteiger partial charge in [0.25, 0.3) is 11.6 Å². The Morgan fingerprint density at radius 3 is 2.86 bits per heavy atom. The minimum Gasteiger partial charge on any atom is -0.350 e. The van der Waals surface area contributed by atoms with Gasteiger partial charge < -0.3 is 9.84 Å². The first-order valence-electron chi connectivity index (χ1n) is 10.3. The predicted molar refractivity (Wildman–Crippen MR) is 115 cm³/mol. The monoisotopic (exact) mass is 412 g/mol. The summed E-state index contributed by atoms with van der Waals surface area (Å²) in [5.41, 5.74) is 1.85. The molecular formula is C22H28N4O2S. The van der Waals surface area contributed by atoms with Gasteiger partial charge in [-0.2, -0.15) is 0 Å². The largest absolute Gasteiger partial charge is 0.350 e. The van der Waals surface area contributed by atoms with E-state index in [1.54, 1.807) is 17.5 Å². The standard InChI is InChI=1S/C22H28N4O2S/c1-14(2)20-17-11-16(12-24-22(17)28-25-20)21(27)23-13-18(19-5-4-10-29-19)26-8-6-15(3)7-9-26/h4-5,10-12,14-15,18H,6-9,13H2,1-3H3,(H,23,27). The summed E-state index contributed by atoms with van der Waals surface area (Å²) in [6, 6.07) is 6.30. The van der Waals surface area contributed by atoms with Crippen LogP contribution in [-0.2, 0) is 0 Å². The van der Waals surface area contributed by atoms with Crippen LogP contribution in [0.4, 0.5) is 0 Å². The van der Waals surface area contributed by atoms with Crippen molar-refractivity contribution in [3.8, 4) is 0 Å². The molecule has 0 aromatic carbocycles. The number of nitrogens with zero attached hydrogens (tertiary/aromatic N) is 3. The number of hydrogen-bond donors (Lipinski definition) is 1. The summed E-state index contributed by atoms with van der Waals surface area (Å²) in [7, 11) is 0. The molecule has 1 unspecified atom stereocenters. The van der Waals surface area contributed by atoms with Crippen LogP contribution in [0.5, 0.6) is 0 Å². The van der Waals surface area contributed by atoms with Gasteiger partial charge in [0.1, 0.15) is 0 Å². The van der Waals surface area contributed by atoms with Crippen molar-refractivity contribution in [3.63, 3.8) is 0 Å². The first-order valence-corrected chi connectivity index (χ1v) is 11.2. The second-order valence-corrected chi connectivity index (χ2v) is 9.24. The molecule has 29 heavy (non-hydrogen) atoms. The van der Waals surface area contributed by atoms with Crippen molar-refractivity contribution in [2.24, 2.45) is 5.92 Å². The fraction of sp³-hybridized carbons (Fsp3) is 0.500. The molecule has 3 aromatic heterocycles. The van der Waals surface area contributed by atoms with Crippen molar-refractivity contribution in [2.45, 2.75) is 45.6 Å². The molecule has 0 saturated carbocycles. The van der Waals surface area contributed by atoms with Gasteiger partial charge >= 0.3 is 0 Å². The second kappa shape index (κ2) is 8.63. The maximum absolute atomic E-state index is 12.9. The summed E-state index contributed by atoms with van der Waals surface area (Å²) in [6.07, 6.45) is 3.99. The molecule has 0 aliphatic carbocycles.